The van der Waals surface area contributed by atoms with Crippen LogP contribution in [0.1, 0.15) is 56.3 Å². The summed E-state index contributed by atoms with van der Waals surface area (Å²) in [5, 5.41) is 4.70. The number of rotatable bonds is 4. The maximum absolute atomic E-state index is 13.3. The lowest BCUT2D eigenvalue weighted by Gasteiger charge is -2.29. The van der Waals surface area contributed by atoms with Gasteiger partial charge in [0.15, 0.2) is 0 Å². The molecule has 1 aliphatic heterocycles. The Hall–Kier alpha value is -2.13. The minimum absolute atomic E-state index is 0.135. The van der Waals surface area contributed by atoms with Crippen molar-refractivity contribution in [2.75, 3.05) is 39.0 Å². The van der Waals surface area contributed by atoms with Crippen LogP contribution in [0.25, 0.3) is 11.3 Å². The van der Waals surface area contributed by atoms with Gasteiger partial charge >= 0.3 is 6.18 Å². The van der Waals surface area contributed by atoms with Crippen molar-refractivity contribution in [1.29, 1.82) is 0 Å². The minimum atomic E-state index is -4.54. The van der Waals surface area contributed by atoms with Crippen LogP contribution in [0.2, 0.25) is 0 Å². The highest BCUT2D eigenvalue weighted by molar-refractivity contribution is 5.63. The predicted molar refractivity (Wildman–Crippen MR) is 122 cm³/mol. The maximum atomic E-state index is 13.3. The molecule has 6 nitrogen and oxygen atoms in total. The van der Waals surface area contributed by atoms with Crippen LogP contribution in [0.15, 0.2) is 18.3 Å². The van der Waals surface area contributed by atoms with E-state index in [2.05, 4.69) is 35.7 Å². The van der Waals surface area contributed by atoms with E-state index in [1.54, 1.807) is 0 Å². The summed E-state index contributed by atoms with van der Waals surface area (Å²) in [6, 6.07) is 3.84. The van der Waals surface area contributed by atoms with Gasteiger partial charge in [0.2, 0.25) is 0 Å². The molecule has 0 bridgehead atoms. The predicted octanol–water partition coefficient (Wildman–Crippen LogP) is 4.26. The molecule has 4 atom stereocenters. The smallest absolute Gasteiger partial charge is 0.383 e. The van der Waals surface area contributed by atoms with Crippen molar-refractivity contribution < 1.29 is 13.2 Å². The van der Waals surface area contributed by atoms with Crippen molar-refractivity contribution in [3.63, 3.8) is 0 Å². The Balaban J connectivity index is 1.35. The van der Waals surface area contributed by atoms with Crippen LogP contribution >= 0.6 is 0 Å². The van der Waals surface area contributed by atoms with Gasteiger partial charge in [-0.2, -0.15) is 18.3 Å². The number of nitrogens with zero attached hydrogens (tertiary/aromatic N) is 5. The molecule has 1 saturated heterocycles. The van der Waals surface area contributed by atoms with Gasteiger partial charge in [0.05, 0.1) is 11.3 Å². The van der Waals surface area contributed by atoms with Gasteiger partial charge in [0, 0.05) is 48.5 Å². The second-order valence-electron chi connectivity index (χ2n) is 10.3. The first-order valence-electron chi connectivity index (χ1n) is 12.0. The molecular weight excluding hydrogens is 429 g/mol. The molecule has 180 valence electrons. The van der Waals surface area contributed by atoms with E-state index in [0.717, 1.165) is 24.8 Å². The van der Waals surface area contributed by atoms with Crippen molar-refractivity contribution in [1.82, 2.24) is 24.6 Å². The van der Waals surface area contributed by atoms with Crippen molar-refractivity contribution in [3.05, 3.63) is 29.6 Å². The number of alkyl halides is 3. The van der Waals surface area contributed by atoms with E-state index in [1.165, 1.54) is 38.5 Å². The SMILES string of the molecule is CC(C)n1nc(-c2cnc(N)c(C(F)(F)F)c2)cc1[C@H]1[C@@H]2C[C@H](N3CCCN(C)CC3)C[C@@H]21. The Morgan fingerprint density at radius 1 is 1.06 bits per heavy atom. The Labute approximate surface area is 192 Å². The third-order valence-electron chi connectivity index (χ3n) is 7.81. The lowest BCUT2D eigenvalue weighted by atomic mass is 10.0. The Bertz CT molecular complexity index is 1000. The van der Waals surface area contributed by atoms with E-state index in [0.29, 0.717) is 35.1 Å². The second kappa shape index (κ2) is 8.27. The fraction of sp³-hybridized carbons (Fsp3) is 0.667. The van der Waals surface area contributed by atoms with Crippen molar-refractivity contribution >= 4 is 5.82 Å². The lowest BCUT2D eigenvalue weighted by molar-refractivity contribution is -0.137. The van der Waals surface area contributed by atoms with Gasteiger partial charge in [-0.05, 0) is 77.2 Å². The number of nitrogen functional groups attached to an aromatic ring is 1. The number of nitrogens with two attached hydrogens (primary N) is 1. The maximum Gasteiger partial charge on any atom is 0.419 e. The molecule has 2 N–H and O–H groups in total. The second-order valence-corrected chi connectivity index (χ2v) is 10.3. The van der Waals surface area contributed by atoms with Crippen LogP contribution in [-0.2, 0) is 6.18 Å². The van der Waals surface area contributed by atoms with Gasteiger partial charge in [-0.15, -0.1) is 0 Å². The van der Waals surface area contributed by atoms with Crippen LogP contribution in [0, 0.1) is 11.8 Å². The molecule has 0 unspecified atom stereocenters. The molecule has 3 aliphatic rings. The molecule has 0 radical (unpaired) electrons. The summed E-state index contributed by atoms with van der Waals surface area (Å²) in [6.07, 6.45) is 0.492. The third-order valence-corrected chi connectivity index (χ3v) is 7.81. The fourth-order valence-electron chi connectivity index (χ4n) is 6.04. The summed E-state index contributed by atoms with van der Waals surface area (Å²) < 4.78 is 42.0. The van der Waals surface area contributed by atoms with E-state index in [-0.39, 0.29) is 6.04 Å². The average Bonchev–Trinajstić information content (AvgIpc) is 3.08. The van der Waals surface area contributed by atoms with E-state index in [9.17, 15) is 13.2 Å². The first-order valence-corrected chi connectivity index (χ1v) is 12.0. The average molecular weight is 463 g/mol. The van der Waals surface area contributed by atoms with Crippen LogP contribution in [0.4, 0.5) is 19.0 Å². The highest BCUT2D eigenvalue weighted by atomic mass is 19.4. The topological polar surface area (TPSA) is 63.2 Å². The molecule has 2 aliphatic carbocycles. The largest absolute Gasteiger partial charge is 0.419 e. The number of likely N-dealkylation sites (N-methyl/N-ethyl adjacent to an activating group) is 1. The molecule has 2 saturated carbocycles. The molecular formula is C24H33F3N6. The monoisotopic (exact) mass is 462 g/mol. The molecule has 0 spiro atoms. The van der Waals surface area contributed by atoms with Crippen molar-refractivity contribution in [2.24, 2.45) is 11.8 Å². The molecule has 3 heterocycles. The van der Waals surface area contributed by atoms with Gasteiger partial charge in [-0.1, -0.05) is 0 Å². The van der Waals surface area contributed by atoms with E-state index >= 15 is 0 Å². The van der Waals surface area contributed by atoms with Crippen LogP contribution in [-0.4, -0.2) is 63.8 Å². The van der Waals surface area contributed by atoms with Crippen molar-refractivity contribution in [2.45, 2.75) is 57.3 Å². The molecule has 0 amide bonds. The first-order chi connectivity index (χ1) is 15.6. The zero-order valence-corrected chi connectivity index (χ0v) is 19.5. The number of hydrogen-bond donors (Lipinski definition) is 1. The molecule has 2 aromatic rings. The number of anilines is 1. The number of fused-ring (bicyclic) bond motifs is 1. The standard InChI is InChI=1S/C24H33F3N6/c1-14(2)33-21(12-20(30-33)15-9-19(24(25,26)27)23(28)29-13-15)22-17-10-16(11-18(17)22)32-6-4-5-31(3)7-8-32/h9,12-14,16-18,22H,4-8,10-11H2,1-3H3,(H2,28,29)/t16-,17+,18-,22-. The van der Waals surface area contributed by atoms with Crippen LogP contribution < -0.4 is 5.73 Å². The molecule has 3 fully saturated rings. The van der Waals surface area contributed by atoms with Gasteiger partial charge in [0.25, 0.3) is 0 Å². The minimum Gasteiger partial charge on any atom is -0.383 e. The Morgan fingerprint density at radius 2 is 1.79 bits per heavy atom. The number of hydrogen-bond acceptors (Lipinski definition) is 5. The van der Waals surface area contributed by atoms with Gasteiger partial charge in [-0.25, -0.2) is 4.98 Å². The Morgan fingerprint density at radius 3 is 2.45 bits per heavy atom. The summed E-state index contributed by atoms with van der Waals surface area (Å²) in [5.74, 6) is 1.24. The zero-order chi connectivity index (χ0) is 23.5. The molecule has 5 rings (SSSR count). The number of halogens is 3. The van der Waals surface area contributed by atoms with Crippen LogP contribution in [0.3, 0.4) is 0 Å². The highest BCUT2D eigenvalue weighted by Crippen LogP contribution is 2.64. The highest BCUT2D eigenvalue weighted by Gasteiger charge is 2.58. The zero-order valence-electron chi connectivity index (χ0n) is 19.5. The van der Waals surface area contributed by atoms with Crippen molar-refractivity contribution in [3.8, 4) is 11.3 Å². The number of aromatic nitrogens is 3. The van der Waals surface area contributed by atoms with Gasteiger partial charge < -0.3 is 10.6 Å². The molecule has 9 heteroatoms. The third kappa shape index (κ3) is 4.25. The van der Waals surface area contributed by atoms with Gasteiger partial charge in [0.1, 0.15) is 5.82 Å². The first kappa shape index (κ1) is 22.7. The lowest BCUT2D eigenvalue weighted by Crippen LogP contribution is -2.37. The Kier molecular flexibility index (Phi) is 5.68. The van der Waals surface area contributed by atoms with Crippen LogP contribution in [0.5, 0.6) is 0 Å². The summed E-state index contributed by atoms with van der Waals surface area (Å²) in [7, 11) is 2.20. The quantitative estimate of drug-likeness (QED) is 0.736. The summed E-state index contributed by atoms with van der Waals surface area (Å²) >= 11 is 0. The summed E-state index contributed by atoms with van der Waals surface area (Å²) in [6.45, 7) is 8.76. The summed E-state index contributed by atoms with van der Waals surface area (Å²) in [4.78, 5) is 8.89. The van der Waals surface area contributed by atoms with E-state index in [1.807, 2.05) is 10.7 Å². The summed E-state index contributed by atoms with van der Waals surface area (Å²) in [5.41, 5.74) is 6.62. The molecule has 0 aromatic carbocycles. The molecule has 33 heavy (non-hydrogen) atoms. The molecule has 2 aromatic heterocycles. The fourth-order valence-corrected chi connectivity index (χ4v) is 6.04. The van der Waals surface area contributed by atoms with E-state index in [4.69, 9.17) is 10.8 Å². The van der Waals surface area contributed by atoms with E-state index < -0.39 is 17.6 Å². The normalized spacial score (nSPS) is 28.8. The number of pyridine rings is 1. The van der Waals surface area contributed by atoms with Gasteiger partial charge in [-0.3, -0.25) is 9.58 Å².